The SMILES string of the molecule is c1cc(-c2ccccc2-n2c3ccccc3c3cc4c(cc32)sc2ccccc24)cc(-n2c3ccccc3c3ccccc32)c1.c1cc(-c2ccccc2-n2c3ccccc3c3ccccc32)cc(-n2c3ccccc3c3cc4c(cc32)sc2ccccc24)c1. The van der Waals surface area contributed by atoms with E-state index >= 15 is 0 Å². The number of benzene rings is 14. The molecule has 0 N–H and O–H groups in total. The Bertz CT molecular complexity index is 6210. The van der Waals surface area contributed by atoms with Gasteiger partial charge in [-0.15, -0.1) is 22.7 Å². The number of para-hydroxylation sites is 8. The molecule has 0 amide bonds. The summed E-state index contributed by atoms with van der Waals surface area (Å²) in [6.07, 6.45) is 0. The number of hydrogen-bond acceptors (Lipinski definition) is 2. The van der Waals surface area contributed by atoms with Crippen molar-refractivity contribution in [2.45, 2.75) is 0 Å². The highest BCUT2D eigenvalue weighted by molar-refractivity contribution is 7.26. The first-order valence-corrected chi connectivity index (χ1v) is 32.4. The van der Waals surface area contributed by atoms with Gasteiger partial charge in [-0.25, -0.2) is 0 Å². The first-order chi connectivity index (χ1) is 44.7. The number of fused-ring (bicyclic) bond motifs is 18. The van der Waals surface area contributed by atoms with Gasteiger partial charge in [-0.1, -0.05) is 206 Å². The van der Waals surface area contributed by atoms with Crippen molar-refractivity contribution in [1.29, 1.82) is 0 Å². The second-order valence-electron chi connectivity index (χ2n) is 23.5. The molecule has 0 fully saturated rings. The topological polar surface area (TPSA) is 19.7 Å². The summed E-state index contributed by atoms with van der Waals surface area (Å²) in [6.45, 7) is 0. The average molecular weight is 1180 g/mol. The van der Waals surface area contributed by atoms with Crippen LogP contribution in [0, 0.1) is 0 Å². The molecule has 90 heavy (non-hydrogen) atoms. The van der Waals surface area contributed by atoms with Gasteiger partial charge in [0.05, 0.1) is 55.5 Å². The highest BCUT2D eigenvalue weighted by Gasteiger charge is 2.22. The van der Waals surface area contributed by atoms with Crippen LogP contribution in [0.5, 0.6) is 0 Å². The van der Waals surface area contributed by atoms with E-state index in [1.165, 1.54) is 161 Å². The molecule has 0 aliphatic rings. The molecule has 0 spiro atoms. The Morgan fingerprint density at radius 2 is 0.478 bits per heavy atom. The lowest BCUT2D eigenvalue weighted by Gasteiger charge is -2.15. The number of nitrogens with zero attached hydrogens (tertiary/aromatic N) is 4. The maximum absolute atomic E-state index is 2.47. The molecule has 6 heteroatoms. The van der Waals surface area contributed by atoms with Gasteiger partial charge in [-0.2, -0.15) is 0 Å². The van der Waals surface area contributed by atoms with Gasteiger partial charge >= 0.3 is 0 Å². The molecular weight excluding hydrogens is 1130 g/mol. The van der Waals surface area contributed by atoms with Crippen LogP contribution in [0.3, 0.4) is 0 Å². The predicted molar refractivity (Wildman–Crippen MR) is 387 cm³/mol. The average Bonchev–Trinajstić information content (AvgIpc) is 1.65. The third-order valence-corrected chi connectivity index (χ3v) is 20.9. The maximum Gasteiger partial charge on any atom is 0.0555 e. The molecule has 0 atom stereocenters. The summed E-state index contributed by atoms with van der Waals surface area (Å²) in [5.41, 5.74) is 19.3. The van der Waals surface area contributed by atoms with E-state index in [4.69, 9.17) is 0 Å². The van der Waals surface area contributed by atoms with Crippen LogP contribution in [0.2, 0.25) is 0 Å². The Kier molecular flexibility index (Phi) is 11.4. The lowest BCUT2D eigenvalue weighted by atomic mass is 10.0. The molecule has 0 radical (unpaired) electrons. The monoisotopic (exact) mass is 1180 g/mol. The van der Waals surface area contributed by atoms with Crippen LogP contribution < -0.4 is 0 Å². The van der Waals surface area contributed by atoms with Gasteiger partial charge in [0.15, 0.2) is 0 Å². The molecule has 420 valence electrons. The van der Waals surface area contributed by atoms with E-state index in [0.717, 1.165) is 11.4 Å². The molecule has 20 aromatic rings. The Labute approximate surface area is 525 Å². The molecule has 4 nitrogen and oxygen atoms in total. The third-order valence-electron chi connectivity index (χ3n) is 18.6. The van der Waals surface area contributed by atoms with E-state index in [9.17, 15) is 0 Å². The molecule has 0 saturated carbocycles. The maximum atomic E-state index is 2.47. The van der Waals surface area contributed by atoms with Crippen molar-refractivity contribution in [3.8, 4) is 45.0 Å². The first-order valence-electron chi connectivity index (χ1n) is 30.7. The zero-order valence-corrected chi connectivity index (χ0v) is 50.3. The summed E-state index contributed by atoms with van der Waals surface area (Å²) >= 11 is 3.75. The fraction of sp³-hybridized carbons (Fsp3) is 0. The largest absolute Gasteiger partial charge is 0.309 e. The lowest BCUT2D eigenvalue weighted by Crippen LogP contribution is -1.98. The minimum Gasteiger partial charge on any atom is -0.309 e. The number of rotatable bonds is 6. The van der Waals surface area contributed by atoms with Crippen molar-refractivity contribution in [2.24, 2.45) is 0 Å². The standard InChI is InChI=1S/2C42H26N2S/c1-6-19-36(44-38-21-8-2-15-30(38)31-16-3-9-22-39(31)44)29(14-1)27-12-11-13-28(24-27)43-37-20-7-4-17-32(37)34-25-35-33-18-5-10-23-41(33)45-42(35)26-40(34)43;1-6-19-36(44-39-22-9-4-17-32(39)34-25-35-33-18-5-10-23-41(33)45-42(35)26-40(34)44)29(14-1)27-12-11-13-28(24-27)43-37-20-7-2-15-30(37)31-16-3-8-21-38(31)43/h2*1-26H. The zero-order valence-electron chi connectivity index (χ0n) is 48.6. The van der Waals surface area contributed by atoms with Crippen molar-refractivity contribution in [3.63, 3.8) is 0 Å². The van der Waals surface area contributed by atoms with Crippen LogP contribution in [-0.2, 0) is 0 Å². The number of thiophene rings is 2. The molecule has 20 rings (SSSR count). The molecular formula is C84H52N4S2. The molecule has 0 saturated heterocycles. The van der Waals surface area contributed by atoms with Gasteiger partial charge < -0.3 is 18.3 Å². The van der Waals surface area contributed by atoms with Gasteiger partial charge in [0, 0.05) is 106 Å². The van der Waals surface area contributed by atoms with Crippen LogP contribution in [0.25, 0.3) is 173 Å². The van der Waals surface area contributed by atoms with Gasteiger partial charge in [0.25, 0.3) is 0 Å². The number of aromatic nitrogens is 4. The first kappa shape index (κ1) is 50.8. The summed E-state index contributed by atoms with van der Waals surface area (Å²) in [6, 6.07) is 115. The molecule has 0 unspecified atom stereocenters. The lowest BCUT2D eigenvalue weighted by molar-refractivity contribution is 1.17. The van der Waals surface area contributed by atoms with Crippen molar-refractivity contribution in [2.75, 3.05) is 0 Å². The Balaban J connectivity index is 0.000000130. The zero-order chi connectivity index (χ0) is 59.0. The molecule has 0 aliphatic carbocycles. The van der Waals surface area contributed by atoms with Gasteiger partial charge in [0.2, 0.25) is 0 Å². The molecule has 0 bridgehead atoms. The van der Waals surface area contributed by atoms with Crippen molar-refractivity contribution in [3.05, 3.63) is 315 Å². The predicted octanol–water partition coefficient (Wildman–Crippen LogP) is 23.8. The minimum absolute atomic E-state index is 1.16. The minimum atomic E-state index is 1.16. The van der Waals surface area contributed by atoms with Gasteiger partial charge in [0.1, 0.15) is 0 Å². The van der Waals surface area contributed by atoms with Crippen LogP contribution in [0.4, 0.5) is 0 Å². The summed E-state index contributed by atoms with van der Waals surface area (Å²) in [4.78, 5) is 0. The highest BCUT2D eigenvalue weighted by atomic mass is 32.1. The second-order valence-corrected chi connectivity index (χ2v) is 25.7. The van der Waals surface area contributed by atoms with E-state index in [0.29, 0.717) is 0 Å². The molecule has 0 aliphatic heterocycles. The highest BCUT2D eigenvalue weighted by Crippen LogP contribution is 2.45. The van der Waals surface area contributed by atoms with Crippen molar-refractivity contribution >= 4 is 150 Å². The number of hydrogen-bond donors (Lipinski definition) is 0. The van der Waals surface area contributed by atoms with E-state index in [1.807, 2.05) is 22.7 Å². The van der Waals surface area contributed by atoms with Crippen molar-refractivity contribution < 1.29 is 0 Å². The van der Waals surface area contributed by atoms with E-state index in [2.05, 4.69) is 334 Å². The van der Waals surface area contributed by atoms with Crippen molar-refractivity contribution in [1.82, 2.24) is 18.3 Å². The van der Waals surface area contributed by atoms with Crippen LogP contribution in [0.1, 0.15) is 0 Å². The molecule has 6 heterocycles. The van der Waals surface area contributed by atoms with Gasteiger partial charge in [-0.05, 0) is 120 Å². The van der Waals surface area contributed by atoms with Crippen LogP contribution in [-0.4, -0.2) is 18.3 Å². The van der Waals surface area contributed by atoms with Gasteiger partial charge in [-0.3, -0.25) is 0 Å². The van der Waals surface area contributed by atoms with E-state index in [1.54, 1.807) is 0 Å². The summed E-state index contributed by atoms with van der Waals surface area (Å²) in [7, 11) is 0. The Hall–Kier alpha value is -11.3. The smallest absolute Gasteiger partial charge is 0.0555 e. The van der Waals surface area contributed by atoms with Crippen LogP contribution >= 0.6 is 22.7 Å². The summed E-state index contributed by atoms with van der Waals surface area (Å²) < 4.78 is 15.0. The normalized spacial score (nSPS) is 12.0. The Morgan fingerprint density at radius 3 is 0.889 bits per heavy atom. The quantitative estimate of drug-likeness (QED) is 0.158. The second kappa shape index (κ2) is 20.1. The fourth-order valence-corrected chi connectivity index (χ4v) is 17.0. The Morgan fingerprint density at radius 1 is 0.178 bits per heavy atom. The summed E-state index contributed by atoms with van der Waals surface area (Å²) in [5.74, 6) is 0. The van der Waals surface area contributed by atoms with E-state index in [-0.39, 0.29) is 0 Å². The fourth-order valence-electron chi connectivity index (χ4n) is 14.7. The molecule has 14 aromatic carbocycles. The van der Waals surface area contributed by atoms with Crippen LogP contribution in [0.15, 0.2) is 315 Å². The summed E-state index contributed by atoms with van der Waals surface area (Å²) in [5, 5.41) is 15.6. The third kappa shape index (κ3) is 7.72. The van der Waals surface area contributed by atoms with E-state index < -0.39 is 0 Å². The molecule has 6 aromatic heterocycles.